The minimum atomic E-state index is -4.12. The lowest BCUT2D eigenvalue weighted by molar-refractivity contribution is -0.134. The highest BCUT2D eigenvalue weighted by molar-refractivity contribution is 5.42. The second kappa shape index (κ2) is 5.35. The topological polar surface area (TPSA) is 48.7 Å². The Morgan fingerprint density at radius 3 is 2.81 bits per heavy atom. The summed E-state index contributed by atoms with van der Waals surface area (Å²) in [6.45, 7) is 0.182. The maximum Gasteiger partial charge on any atom is 0.389 e. The Kier molecular flexibility index (Phi) is 4.11. The maximum atomic E-state index is 11.8. The van der Waals surface area contributed by atoms with Crippen LogP contribution in [0, 0.1) is 11.3 Å². The van der Waals surface area contributed by atoms with Crippen molar-refractivity contribution in [3.05, 3.63) is 23.9 Å². The smallest absolute Gasteiger partial charge is 0.370 e. The molecule has 0 saturated carbocycles. The minimum absolute atomic E-state index is 0.0119. The van der Waals surface area contributed by atoms with E-state index in [2.05, 4.69) is 10.3 Å². The first-order valence-electron chi connectivity index (χ1n) is 4.68. The molecule has 0 fully saturated rings. The molecule has 1 heterocycles. The Balaban J connectivity index is 2.35. The Morgan fingerprint density at radius 2 is 2.19 bits per heavy atom. The number of halogens is 3. The fourth-order valence-corrected chi connectivity index (χ4v) is 1.10. The van der Waals surface area contributed by atoms with Crippen molar-refractivity contribution in [2.24, 2.45) is 0 Å². The van der Waals surface area contributed by atoms with E-state index in [-0.39, 0.29) is 13.0 Å². The van der Waals surface area contributed by atoms with Crippen LogP contribution in [-0.4, -0.2) is 17.7 Å². The molecule has 0 atom stereocenters. The van der Waals surface area contributed by atoms with E-state index in [0.717, 1.165) is 0 Å². The monoisotopic (exact) mass is 229 g/mol. The molecule has 86 valence electrons. The van der Waals surface area contributed by atoms with Crippen molar-refractivity contribution in [2.75, 3.05) is 11.9 Å². The molecule has 1 aromatic rings. The van der Waals surface area contributed by atoms with E-state index in [1.54, 1.807) is 0 Å². The van der Waals surface area contributed by atoms with Crippen LogP contribution in [-0.2, 0) is 0 Å². The molecule has 0 unspecified atom stereocenters. The van der Waals surface area contributed by atoms with E-state index < -0.39 is 12.6 Å². The summed E-state index contributed by atoms with van der Waals surface area (Å²) in [4.78, 5) is 3.88. The number of rotatable bonds is 4. The Bertz CT molecular complexity index is 382. The zero-order chi connectivity index (χ0) is 12.0. The standard InChI is InChI=1S/C10H10F3N3/c11-10(12,13)3-1-4-15-9-6-8(7-14)2-5-16-9/h2,5-6H,1,3-4H2,(H,15,16). The number of hydrogen-bond acceptors (Lipinski definition) is 3. The molecule has 6 heteroatoms. The lowest BCUT2D eigenvalue weighted by Crippen LogP contribution is -2.11. The van der Waals surface area contributed by atoms with E-state index in [1.807, 2.05) is 6.07 Å². The van der Waals surface area contributed by atoms with Crippen molar-refractivity contribution < 1.29 is 13.2 Å². The molecule has 0 aliphatic carbocycles. The number of pyridine rings is 1. The van der Waals surface area contributed by atoms with E-state index in [0.29, 0.717) is 11.4 Å². The quantitative estimate of drug-likeness (QED) is 0.807. The van der Waals surface area contributed by atoms with E-state index in [9.17, 15) is 13.2 Å². The molecule has 0 saturated heterocycles. The van der Waals surface area contributed by atoms with Gasteiger partial charge in [-0.25, -0.2) is 4.98 Å². The van der Waals surface area contributed by atoms with Gasteiger partial charge in [-0.3, -0.25) is 0 Å². The number of alkyl halides is 3. The van der Waals surface area contributed by atoms with Gasteiger partial charge in [-0.05, 0) is 18.6 Å². The third kappa shape index (κ3) is 4.64. The lowest BCUT2D eigenvalue weighted by Gasteiger charge is -2.07. The fraction of sp³-hybridized carbons (Fsp3) is 0.400. The first-order valence-corrected chi connectivity index (χ1v) is 4.68. The SMILES string of the molecule is N#Cc1ccnc(NCCCC(F)(F)F)c1. The molecular weight excluding hydrogens is 219 g/mol. The van der Waals surface area contributed by atoms with Crippen LogP contribution in [0.5, 0.6) is 0 Å². The predicted octanol–water partition coefficient (Wildman–Crippen LogP) is 2.71. The summed E-state index contributed by atoms with van der Waals surface area (Å²) >= 11 is 0. The van der Waals surface area contributed by atoms with Gasteiger partial charge >= 0.3 is 6.18 Å². The van der Waals surface area contributed by atoms with Crippen LogP contribution >= 0.6 is 0 Å². The number of aromatic nitrogens is 1. The zero-order valence-electron chi connectivity index (χ0n) is 8.38. The van der Waals surface area contributed by atoms with Gasteiger partial charge in [0.2, 0.25) is 0 Å². The van der Waals surface area contributed by atoms with E-state index in [1.165, 1.54) is 18.3 Å². The van der Waals surface area contributed by atoms with Gasteiger partial charge < -0.3 is 5.32 Å². The molecule has 0 aliphatic rings. The number of nitrogens with zero attached hydrogens (tertiary/aromatic N) is 2. The summed E-state index contributed by atoms with van der Waals surface area (Å²) in [5.74, 6) is 0.418. The maximum absolute atomic E-state index is 11.8. The molecule has 1 N–H and O–H groups in total. The van der Waals surface area contributed by atoms with Crippen LogP contribution in [0.2, 0.25) is 0 Å². The van der Waals surface area contributed by atoms with Crippen molar-refractivity contribution in [2.45, 2.75) is 19.0 Å². The van der Waals surface area contributed by atoms with Crippen LogP contribution in [0.15, 0.2) is 18.3 Å². The fourth-order valence-electron chi connectivity index (χ4n) is 1.10. The summed E-state index contributed by atoms with van der Waals surface area (Å²) in [7, 11) is 0. The van der Waals surface area contributed by atoms with E-state index >= 15 is 0 Å². The molecular formula is C10H10F3N3. The predicted molar refractivity (Wildman–Crippen MR) is 52.7 cm³/mol. The van der Waals surface area contributed by atoms with Gasteiger partial charge in [0.25, 0.3) is 0 Å². The molecule has 16 heavy (non-hydrogen) atoms. The van der Waals surface area contributed by atoms with Crippen molar-refractivity contribution in [1.82, 2.24) is 4.98 Å². The Morgan fingerprint density at radius 1 is 1.44 bits per heavy atom. The first kappa shape index (κ1) is 12.3. The minimum Gasteiger partial charge on any atom is -0.370 e. The van der Waals surface area contributed by atoms with Gasteiger partial charge in [-0.2, -0.15) is 18.4 Å². The molecule has 1 rings (SSSR count). The van der Waals surface area contributed by atoms with Gasteiger partial charge in [-0.1, -0.05) is 0 Å². The highest BCUT2D eigenvalue weighted by Gasteiger charge is 2.25. The largest absolute Gasteiger partial charge is 0.389 e. The van der Waals surface area contributed by atoms with Crippen molar-refractivity contribution in [1.29, 1.82) is 5.26 Å². The van der Waals surface area contributed by atoms with Crippen LogP contribution in [0.3, 0.4) is 0 Å². The summed E-state index contributed by atoms with van der Waals surface area (Å²) in [6.07, 6.45) is -3.52. The molecule has 0 bridgehead atoms. The average molecular weight is 229 g/mol. The second-order valence-corrected chi connectivity index (χ2v) is 3.19. The molecule has 0 radical (unpaired) electrons. The van der Waals surface area contributed by atoms with Crippen LogP contribution in [0.4, 0.5) is 19.0 Å². The lowest BCUT2D eigenvalue weighted by atomic mass is 10.3. The Hall–Kier alpha value is -1.77. The summed E-state index contributed by atoms with van der Waals surface area (Å²) in [5, 5.41) is 11.3. The summed E-state index contributed by atoms with van der Waals surface area (Å²) in [6, 6.07) is 4.94. The highest BCUT2D eigenvalue weighted by atomic mass is 19.4. The first-order chi connectivity index (χ1) is 7.51. The summed E-state index contributed by atoms with van der Waals surface area (Å²) in [5.41, 5.74) is 0.424. The van der Waals surface area contributed by atoms with Crippen LogP contribution in [0.1, 0.15) is 18.4 Å². The highest BCUT2D eigenvalue weighted by Crippen LogP contribution is 2.21. The number of nitriles is 1. The molecule has 1 aromatic heterocycles. The van der Waals surface area contributed by atoms with Gasteiger partial charge in [0, 0.05) is 19.2 Å². The zero-order valence-corrected chi connectivity index (χ0v) is 8.38. The number of hydrogen-bond donors (Lipinski definition) is 1. The van der Waals surface area contributed by atoms with Crippen LogP contribution in [0.25, 0.3) is 0 Å². The van der Waals surface area contributed by atoms with Gasteiger partial charge in [0.1, 0.15) is 5.82 Å². The van der Waals surface area contributed by atoms with Gasteiger partial charge in [0.15, 0.2) is 0 Å². The number of anilines is 1. The molecule has 0 spiro atoms. The normalized spacial score (nSPS) is 10.9. The summed E-state index contributed by atoms with van der Waals surface area (Å²) < 4.78 is 35.4. The Labute approximate surface area is 90.9 Å². The third-order valence-electron chi connectivity index (χ3n) is 1.83. The third-order valence-corrected chi connectivity index (χ3v) is 1.83. The molecule has 0 aromatic carbocycles. The number of nitrogens with one attached hydrogen (secondary N) is 1. The van der Waals surface area contributed by atoms with Crippen molar-refractivity contribution in [3.8, 4) is 6.07 Å². The average Bonchev–Trinajstić information content (AvgIpc) is 2.23. The van der Waals surface area contributed by atoms with Crippen LogP contribution < -0.4 is 5.32 Å². The molecule has 0 amide bonds. The van der Waals surface area contributed by atoms with Gasteiger partial charge in [-0.15, -0.1) is 0 Å². The van der Waals surface area contributed by atoms with E-state index in [4.69, 9.17) is 5.26 Å². The van der Waals surface area contributed by atoms with Gasteiger partial charge in [0.05, 0.1) is 11.6 Å². The second-order valence-electron chi connectivity index (χ2n) is 3.19. The van der Waals surface area contributed by atoms with Crippen molar-refractivity contribution >= 4 is 5.82 Å². The molecule has 3 nitrogen and oxygen atoms in total. The van der Waals surface area contributed by atoms with Crippen molar-refractivity contribution in [3.63, 3.8) is 0 Å². The molecule has 0 aliphatic heterocycles.